The van der Waals surface area contributed by atoms with Gasteiger partial charge in [0.25, 0.3) is 0 Å². The molecule has 0 aliphatic rings. The lowest BCUT2D eigenvalue weighted by molar-refractivity contribution is 0.553. The van der Waals surface area contributed by atoms with Crippen LogP contribution in [0.5, 0.6) is 0 Å². The molecule has 2 N–H and O–H groups in total. The molecule has 1 atom stereocenters. The number of hydrogen-bond acceptors (Lipinski definition) is 3. The highest BCUT2D eigenvalue weighted by molar-refractivity contribution is 4.97. The summed E-state index contributed by atoms with van der Waals surface area (Å²) in [5.41, 5.74) is 6.45. The van der Waals surface area contributed by atoms with E-state index in [9.17, 15) is 0 Å². The molecule has 0 aliphatic heterocycles. The first-order valence-electron chi connectivity index (χ1n) is 2.98. The Balaban J connectivity index is 2.65. The van der Waals surface area contributed by atoms with Gasteiger partial charge in [0.05, 0.1) is 5.69 Å². The van der Waals surface area contributed by atoms with E-state index in [1.54, 1.807) is 6.26 Å². The summed E-state index contributed by atoms with van der Waals surface area (Å²) in [4.78, 5) is 3.90. The molecule has 50 valence electrons. The molecule has 0 fully saturated rings. The number of nitrogens with two attached hydrogens (primary N) is 1. The molecule has 9 heavy (non-hydrogen) atoms. The van der Waals surface area contributed by atoms with Crippen molar-refractivity contribution in [1.82, 2.24) is 4.98 Å². The van der Waals surface area contributed by atoms with Gasteiger partial charge in [-0.25, -0.2) is 4.98 Å². The average molecular weight is 126 g/mol. The molecule has 3 heteroatoms. The third-order valence-corrected chi connectivity index (χ3v) is 1.27. The molecule has 0 radical (unpaired) electrons. The topological polar surface area (TPSA) is 52.0 Å². The monoisotopic (exact) mass is 126 g/mol. The van der Waals surface area contributed by atoms with Gasteiger partial charge in [0.15, 0.2) is 6.39 Å². The van der Waals surface area contributed by atoms with Crippen molar-refractivity contribution in [1.29, 1.82) is 0 Å². The van der Waals surface area contributed by atoms with E-state index in [-0.39, 0.29) is 6.04 Å². The lowest BCUT2D eigenvalue weighted by Gasteiger charge is -2.00. The fourth-order valence-electron chi connectivity index (χ4n) is 0.614. The molecular formula is C6H10N2O. The number of nitrogens with zero attached hydrogens (tertiary/aromatic N) is 1. The summed E-state index contributed by atoms with van der Waals surface area (Å²) in [6, 6.07) is 0.0312. The Kier molecular flexibility index (Phi) is 1.85. The van der Waals surface area contributed by atoms with Gasteiger partial charge < -0.3 is 10.2 Å². The molecule has 1 heterocycles. The Morgan fingerprint density at radius 2 is 2.67 bits per heavy atom. The van der Waals surface area contributed by atoms with Crippen LogP contribution in [-0.2, 0) is 0 Å². The first-order chi connectivity index (χ1) is 4.34. The maximum atomic E-state index is 5.62. The van der Waals surface area contributed by atoms with Crippen LogP contribution < -0.4 is 5.73 Å². The molecule has 1 aromatic rings. The van der Waals surface area contributed by atoms with E-state index in [4.69, 9.17) is 10.2 Å². The smallest absolute Gasteiger partial charge is 0.180 e. The Bertz CT molecular complexity index is 160. The first-order valence-corrected chi connectivity index (χ1v) is 2.98. The van der Waals surface area contributed by atoms with Crippen molar-refractivity contribution in [2.45, 2.75) is 19.4 Å². The minimum absolute atomic E-state index is 0.0312. The maximum absolute atomic E-state index is 5.62. The van der Waals surface area contributed by atoms with E-state index in [0.717, 1.165) is 12.1 Å². The van der Waals surface area contributed by atoms with E-state index < -0.39 is 0 Å². The van der Waals surface area contributed by atoms with Crippen molar-refractivity contribution in [3.8, 4) is 0 Å². The normalized spacial score (nSPS) is 13.6. The highest BCUT2D eigenvalue weighted by atomic mass is 16.3. The van der Waals surface area contributed by atoms with Crippen LogP contribution >= 0.6 is 0 Å². The van der Waals surface area contributed by atoms with Gasteiger partial charge in [0, 0.05) is 6.04 Å². The third-order valence-electron chi connectivity index (χ3n) is 1.27. The van der Waals surface area contributed by atoms with Crippen molar-refractivity contribution in [2.75, 3.05) is 0 Å². The van der Waals surface area contributed by atoms with Crippen molar-refractivity contribution in [3.05, 3.63) is 18.4 Å². The third kappa shape index (κ3) is 1.29. The average Bonchev–Trinajstić information content (AvgIpc) is 2.37. The highest BCUT2D eigenvalue weighted by Crippen LogP contribution is 2.08. The summed E-state index contributed by atoms with van der Waals surface area (Å²) in [5, 5.41) is 0. The number of oxazole rings is 1. The number of rotatable bonds is 2. The standard InChI is InChI=1S/C6H10N2O/c1-2-5(7)6-3-9-4-8-6/h3-5H,2,7H2,1H3. The van der Waals surface area contributed by atoms with Crippen molar-refractivity contribution >= 4 is 0 Å². The van der Waals surface area contributed by atoms with Crippen LogP contribution in [0.15, 0.2) is 17.1 Å². The van der Waals surface area contributed by atoms with Gasteiger partial charge in [-0.1, -0.05) is 6.92 Å². The van der Waals surface area contributed by atoms with Crippen molar-refractivity contribution < 1.29 is 4.42 Å². The second-order valence-corrected chi connectivity index (χ2v) is 1.93. The van der Waals surface area contributed by atoms with Gasteiger partial charge in [-0.15, -0.1) is 0 Å². The van der Waals surface area contributed by atoms with E-state index in [1.807, 2.05) is 6.92 Å². The van der Waals surface area contributed by atoms with Crippen LogP contribution in [0.1, 0.15) is 25.1 Å². The second kappa shape index (κ2) is 2.64. The molecule has 0 bridgehead atoms. The van der Waals surface area contributed by atoms with E-state index in [0.29, 0.717) is 0 Å². The van der Waals surface area contributed by atoms with Gasteiger partial charge in [0.1, 0.15) is 6.26 Å². The van der Waals surface area contributed by atoms with E-state index in [1.165, 1.54) is 6.39 Å². The lowest BCUT2D eigenvalue weighted by atomic mass is 10.2. The summed E-state index contributed by atoms with van der Waals surface area (Å²) >= 11 is 0. The summed E-state index contributed by atoms with van der Waals surface area (Å²) in [7, 11) is 0. The van der Waals surface area contributed by atoms with Gasteiger partial charge in [0.2, 0.25) is 0 Å². The fourth-order valence-corrected chi connectivity index (χ4v) is 0.614. The minimum atomic E-state index is 0.0312. The Morgan fingerprint density at radius 1 is 1.89 bits per heavy atom. The second-order valence-electron chi connectivity index (χ2n) is 1.93. The minimum Gasteiger partial charge on any atom is -0.451 e. The SMILES string of the molecule is CCC(N)c1cocn1. The molecule has 0 saturated heterocycles. The van der Waals surface area contributed by atoms with E-state index in [2.05, 4.69) is 4.98 Å². The van der Waals surface area contributed by atoms with E-state index >= 15 is 0 Å². The Morgan fingerprint density at radius 3 is 3.11 bits per heavy atom. The van der Waals surface area contributed by atoms with Crippen LogP contribution in [0.25, 0.3) is 0 Å². The number of hydrogen-bond donors (Lipinski definition) is 1. The molecule has 0 amide bonds. The van der Waals surface area contributed by atoms with Gasteiger partial charge in [-0.05, 0) is 6.42 Å². The fraction of sp³-hybridized carbons (Fsp3) is 0.500. The summed E-state index contributed by atoms with van der Waals surface area (Å²) in [6.45, 7) is 2.01. The molecule has 0 saturated carbocycles. The Labute approximate surface area is 53.9 Å². The summed E-state index contributed by atoms with van der Waals surface area (Å²) < 4.78 is 4.75. The van der Waals surface area contributed by atoms with Gasteiger partial charge >= 0.3 is 0 Å². The predicted octanol–water partition coefficient (Wildman–Crippen LogP) is 1.08. The first kappa shape index (κ1) is 6.29. The van der Waals surface area contributed by atoms with Crippen LogP contribution in [-0.4, -0.2) is 4.98 Å². The summed E-state index contributed by atoms with van der Waals surface area (Å²) in [5.74, 6) is 0. The quantitative estimate of drug-likeness (QED) is 0.645. The zero-order valence-corrected chi connectivity index (χ0v) is 5.37. The van der Waals surface area contributed by atoms with Crippen molar-refractivity contribution in [3.63, 3.8) is 0 Å². The van der Waals surface area contributed by atoms with Crippen molar-refractivity contribution in [2.24, 2.45) is 5.73 Å². The largest absolute Gasteiger partial charge is 0.451 e. The molecular weight excluding hydrogens is 116 g/mol. The Hall–Kier alpha value is -0.830. The molecule has 0 spiro atoms. The summed E-state index contributed by atoms with van der Waals surface area (Å²) in [6.07, 6.45) is 3.87. The highest BCUT2D eigenvalue weighted by Gasteiger charge is 2.03. The molecule has 3 nitrogen and oxygen atoms in total. The zero-order valence-electron chi connectivity index (χ0n) is 5.37. The van der Waals surface area contributed by atoms with Gasteiger partial charge in [-0.2, -0.15) is 0 Å². The van der Waals surface area contributed by atoms with Crippen LogP contribution in [0.2, 0.25) is 0 Å². The lowest BCUT2D eigenvalue weighted by Crippen LogP contribution is -2.08. The van der Waals surface area contributed by atoms with Crippen LogP contribution in [0.3, 0.4) is 0 Å². The molecule has 1 aromatic heterocycles. The number of aromatic nitrogens is 1. The predicted molar refractivity (Wildman–Crippen MR) is 33.7 cm³/mol. The van der Waals surface area contributed by atoms with Crippen LogP contribution in [0, 0.1) is 0 Å². The van der Waals surface area contributed by atoms with Crippen LogP contribution in [0.4, 0.5) is 0 Å². The molecule has 1 rings (SSSR count). The molecule has 1 unspecified atom stereocenters. The maximum Gasteiger partial charge on any atom is 0.180 e. The molecule has 0 aliphatic carbocycles. The van der Waals surface area contributed by atoms with Gasteiger partial charge in [-0.3, -0.25) is 0 Å². The molecule has 0 aromatic carbocycles. The zero-order chi connectivity index (χ0) is 6.69.